The van der Waals surface area contributed by atoms with E-state index in [1.165, 1.54) is 0 Å². The molecule has 1 amide bonds. The van der Waals surface area contributed by atoms with Crippen LogP contribution in [0.3, 0.4) is 0 Å². The lowest BCUT2D eigenvalue weighted by molar-refractivity contribution is -0.119. The van der Waals surface area contributed by atoms with Gasteiger partial charge in [-0.2, -0.15) is 0 Å². The fourth-order valence-corrected chi connectivity index (χ4v) is 4.21. The van der Waals surface area contributed by atoms with Crippen molar-refractivity contribution in [3.05, 3.63) is 90.3 Å². The first-order valence-corrected chi connectivity index (χ1v) is 11.5. The lowest BCUT2D eigenvalue weighted by atomic mass is 10.2. The SMILES string of the molecule is CCC(Oc1cccc(C)c1)c1nc2ccccc2n1CC(=O)N(c1ccccc1)C(C)C. The Morgan fingerprint density at radius 3 is 2.42 bits per heavy atom. The summed E-state index contributed by atoms with van der Waals surface area (Å²) in [7, 11) is 0. The van der Waals surface area contributed by atoms with Gasteiger partial charge in [-0.05, 0) is 69.2 Å². The number of rotatable bonds is 8. The molecule has 5 heteroatoms. The minimum absolute atomic E-state index is 0.0195. The maximum atomic E-state index is 13.6. The lowest BCUT2D eigenvalue weighted by Crippen LogP contribution is -2.39. The van der Waals surface area contributed by atoms with E-state index in [0.29, 0.717) is 0 Å². The zero-order chi connectivity index (χ0) is 23.4. The minimum atomic E-state index is -0.267. The highest BCUT2D eigenvalue weighted by atomic mass is 16.5. The van der Waals surface area contributed by atoms with Crippen molar-refractivity contribution in [2.45, 2.75) is 52.8 Å². The second-order valence-corrected chi connectivity index (χ2v) is 8.57. The van der Waals surface area contributed by atoms with Crippen LogP contribution in [0, 0.1) is 6.92 Å². The Bertz CT molecular complexity index is 1230. The fraction of sp³-hybridized carbons (Fsp3) is 0.286. The van der Waals surface area contributed by atoms with Gasteiger partial charge in [-0.15, -0.1) is 0 Å². The maximum Gasteiger partial charge on any atom is 0.247 e. The van der Waals surface area contributed by atoms with Crippen LogP contribution in [-0.2, 0) is 11.3 Å². The van der Waals surface area contributed by atoms with Gasteiger partial charge in [0.15, 0.2) is 11.9 Å². The molecular formula is C28H31N3O2. The molecule has 0 bridgehead atoms. The van der Waals surface area contributed by atoms with Gasteiger partial charge >= 0.3 is 0 Å². The summed E-state index contributed by atoms with van der Waals surface area (Å²) < 4.78 is 8.38. The largest absolute Gasteiger partial charge is 0.483 e. The summed E-state index contributed by atoms with van der Waals surface area (Å²) in [6.07, 6.45) is 0.467. The molecule has 33 heavy (non-hydrogen) atoms. The number of carbonyl (C=O) groups excluding carboxylic acids is 1. The van der Waals surface area contributed by atoms with E-state index < -0.39 is 0 Å². The van der Waals surface area contributed by atoms with Crippen molar-refractivity contribution in [2.75, 3.05) is 4.90 Å². The van der Waals surface area contributed by atoms with Gasteiger partial charge in [0, 0.05) is 11.7 Å². The lowest BCUT2D eigenvalue weighted by Gasteiger charge is -2.28. The highest BCUT2D eigenvalue weighted by molar-refractivity contribution is 5.94. The number of ether oxygens (including phenoxy) is 1. The number of carbonyl (C=O) groups is 1. The first kappa shape index (κ1) is 22.6. The van der Waals surface area contributed by atoms with E-state index in [-0.39, 0.29) is 24.6 Å². The van der Waals surface area contributed by atoms with E-state index in [1.807, 2.05) is 109 Å². The van der Waals surface area contributed by atoms with Crippen LogP contribution >= 0.6 is 0 Å². The standard InChI is InChI=1S/C28H31N3O2/c1-5-26(33-23-15-11-12-21(4)18-23)28-29-24-16-9-10-17-25(24)30(28)19-27(32)31(20(2)3)22-13-7-6-8-14-22/h6-18,20,26H,5,19H2,1-4H3. The molecule has 4 aromatic rings. The molecule has 1 heterocycles. The van der Waals surface area contributed by atoms with E-state index in [0.717, 1.165) is 40.3 Å². The van der Waals surface area contributed by atoms with Gasteiger partial charge in [-0.1, -0.05) is 49.4 Å². The Balaban J connectivity index is 1.72. The zero-order valence-electron chi connectivity index (χ0n) is 19.7. The summed E-state index contributed by atoms with van der Waals surface area (Å²) in [5.41, 5.74) is 3.83. The van der Waals surface area contributed by atoms with Crippen LogP contribution in [0.1, 0.15) is 44.7 Å². The smallest absolute Gasteiger partial charge is 0.247 e. The van der Waals surface area contributed by atoms with E-state index >= 15 is 0 Å². The highest BCUT2D eigenvalue weighted by Crippen LogP contribution is 2.29. The van der Waals surface area contributed by atoms with Crippen LogP contribution in [0.15, 0.2) is 78.9 Å². The van der Waals surface area contributed by atoms with Crippen LogP contribution in [0.25, 0.3) is 11.0 Å². The van der Waals surface area contributed by atoms with Gasteiger partial charge in [-0.3, -0.25) is 4.79 Å². The molecule has 3 aromatic carbocycles. The van der Waals surface area contributed by atoms with Gasteiger partial charge < -0.3 is 14.2 Å². The summed E-state index contributed by atoms with van der Waals surface area (Å²) in [6, 6.07) is 25.8. The third-order valence-corrected chi connectivity index (χ3v) is 5.72. The monoisotopic (exact) mass is 441 g/mol. The van der Waals surface area contributed by atoms with Crippen LogP contribution in [0.2, 0.25) is 0 Å². The molecule has 0 fully saturated rings. The molecule has 1 unspecified atom stereocenters. The molecule has 0 spiro atoms. The Labute approximate surface area is 195 Å². The summed E-state index contributed by atoms with van der Waals surface area (Å²) in [5, 5.41) is 0. The fourth-order valence-electron chi connectivity index (χ4n) is 4.21. The molecule has 170 valence electrons. The normalized spacial score (nSPS) is 12.2. The van der Waals surface area contributed by atoms with Crippen molar-refractivity contribution in [1.82, 2.24) is 9.55 Å². The first-order valence-electron chi connectivity index (χ1n) is 11.5. The second-order valence-electron chi connectivity index (χ2n) is 8.57. The van der Waals surface area contributed by atoms with Crippen molar-refractivity contribution in [1.29, 1.82) is 0 Å². The Morgan fingerprint density at radius 1 is 1.00 bits per heavy atom. The molecule has 0 aliphatic heterocycles. The molecule has 1 aromatic heterocycles. The summed E-state index contributed by atoms with van der Waals surface area (Å²) >= 11 is 0. The molecule has 0 saturated carbocycles. The average Bonchev–Trinajstić information content (AvgIpc) is 3.16. The Hall–Kier alpha value is -3.60. The van der Waals surface area contributed by atoms with Crippen LogP contribution in [0.4, 0.5) is 5.69 Å². The second kappa shape index (κ2) is 9.90. The van der Waals surface area contributed by atoms with E-state index in [2.05, 4.69) is 6.92 Å². The number of aromatic nitrogens is 2. The molecule has 4 rings (SSSR count). The molecule has 0 radical (unpaired) electrons. The molecule has 0 N–H and O–H groups in total. The van der Waals surface area contributed by atoms with Crippen molar-refractivity contribution in [3.8, 4) is 5.75 Å². The van der Waals surface area contributed by atoms with Crippen LogP contribution < -0.4 is 9.64 Å². The quantitative estimate of drug-likeness (QED) is 0.322. The summed E-state index contributed by atoms with van der Waals surface area (Å²) in [6.45, 7) is 8.39. The summed E-state index contributed by atoms with van der Waals surface area (Å²) in [5.74, 6) is 1.59. The molecule has 0 aliphatic carbocycles. The number of amides is 1. The van der Waals surface area contributed by atoms with Crippen LogP contribution in [-0.4, -0.2) is 21.5 Å². The van der Waals surface area contributed by atoms with Crippen molar-refractivity contribution in [3.63, 3.8) is 0 Å². The van der Waals surface area contributed by atoms with Gasteiger partial charge in [0.25, 0.3) is 0 Å². The van der Waals surface area contributed by atoms with E-state index in [4.69, 9.17) is 9.72 Å². The average molecular weight is 442 g/mol. The third kappa shape index (κ3) is 4.92. The van der Waals surface area contributed by atoms with Gasteiger partial charge in [-0.25, -0.2) is 4.98 Å². The van der Waals surface area contributed by atoms with Crippen molar-refractivity contribution in [2.24, 2.45) is 0 Å². The maximum absolute atomic E-state index is 13.6. The number of fused-ring (bicyclic) bond motifs is 1. The number of anilines is 1. The summed E-state index contributed by atoms with van der Waals surface area (Å²) in [4.78, 5) is 20.3. The predicted molar refractivity (Wildman–Crippen MR) is 134 cm³/mol. The topological polar surface area (TPSA) is 47.4 Å². The molecular weight excluding hydrogens is 410 g/mol. The van der Waals surface area contributed by atoms with E-state index in [9.17, 15) is 4.79 Å². The third-order valence-electron chi connectivity index (χ3n) is 5.72. The molecule has 1 atom stereocenters. The molecule has 5 nitrogen and oxygen atoms in total. The van der Waals surface area contributed by atoms with Gasteiger partial charge in [0.2, 0.25) is 5.91 Å². The van der Waals surface area contributed by atoms with Crippen molar-refractivity contribution >= 4 is 22.6 Å². The van der Waals surface area contributed by atoms with Gasteiger partial charge in [0.1, 0.15) is 12.3 Å². The number of benzene rings is 3. The number of nitrogens with zero attached hydrogens (tertiary/aromatic N) is 3. The molecule has 0 aliphatic rings. The Kier molecular flexibility index (Phi) is 6.78. The number of hydrogen-bond acceptors (Lipinski definition) is 3. The van der Waals surface area contributed by atoms with Crippen LogP contribution in [0.5, 0.6) is 5.75 Å². The van der Waals surface area contributed by atoms with Crippen molar-refractivity contribution < 1.29 is 9.53 Å². The number of imidazole rings is 1. The minimum Gasteiger partial charge on any atom is -0.483 e. The number of aryl methyl sites for hydroxylation is 1. The number of hydrogen-bond donors (Lipinski definition) is 0. The number of para-hydroxylation sites is 3. The first-order chi connectivity index (χ1) is 16.0. The zero-order valence-corrected chi connectivity index (χ0v) is 19.7. The van der Waals surface area contributed by atoms with Gasteiger partial charge in [0.05, 0.1) is 11.0 Å². The predicted octanol–water partition coefficient (Wildman–Crippen LogP) is 6.32. The highest BCUT2D eigenvalue weighted by Gasteiger charge is 2.25. The molecule has 0 saturated heterocycles. The Morgan fingerprint density at radius 2 is 1.73 bits per heavy atom. The van der Waals surface area contributed by atoms with E-state index in [1.54, 1.807) is 0 Å².